The molecule has 0 saturated heterocycles. The van der Waals surface area contributed by atoms with Crippen LogP contribution in [0.3, 0.4) is 0 Å². The van der Waals surface area contributed by atoms with Crippen LogP contribution in [0, 0.1) is 13.8 Å². The first-order valence-corrected chi connectivity index (χ1v) is 7.46. The Morgan fingerprint density at radius 3 is 2.33 bits per heavy atom. The number of benzene rings is 2. The normalized spacial score (nSPS) is 10.2. The monoisotopic (exact) mass is 328 g/mol. The molecule has 2 aromatic carbocycles. The maximum absolute atomic E-state index is 12.4. The zero-order valence-electron chi connectivity index (χ0n) is 14.2. The average Bonchev–Trinajstić information content (AvgIpc) is 2.60. The quantitative estimate of drug-likeness (QED) is 0.601. The molecule has 0 heterocycles. The Kier molecular flexibility index (Phi) is 5.58. The number of aryl methyl sites for hydroxylation is 2. The molecule has 0 spiro atoms. The number of ketones is 1. The standard InChI is InChI=1S/C19H20O5/c1-12-5-6-13(2)15(9-12)19(21)24-11-17(20)16-10-14(22-3)7-8-18(16)23-4/h5-10H,11H2,1-4H3. The first-order chi connectivity index (χ1) is 11.5. The zero-order chi connectivity index (χ0) is 17.7. The predicted molar refractivity (Wildman–Crippen MR) is 90.1 cm³/mol. The summed E-state index contributed by atoms with van der Waals surface area (Å²) >= 11 is 0. The molecular formula is C19H20O5. The molecule has 0 aromatic heterocycles. The van der Waals surface area contributed by atoms with Gasteiger partial charge in [-0.2, -0.15) is 0 Å². The van der Waals surface area contributed by atoms with Crippen LogP contribution in [0.25, 0.3) is 0 Å². The molecule has 126 valence electrons. The summed E-state index contributed by atoms with van der Waals surface area (Å²) in [5.74, 6) is 0.0550. The summed E-state index contributed by atoms with van der Waals surface area (Å²) in [6.45, 7) is 3.35. The highest BCUT2D eigenvalue weighted by Crippen LogP contribution is 2.24. The maximum Gasteiger partial charge on any atom is 0.338 e. The molecule has 0 unspecified atom stereocenters. The fraction of sp³-hybridized carbons (Fsp3) is 0.263. The molecule has 0 saturated carbocycles. The molecule has 2 aromatic rings. The van der Waals surface area contributed by atoms with Gasteiger partial charge < -0.3 is 14.2 Å². The summed E-state index contributed by atoms with van der Waals surface area (Å²) in [6.07, 6.45) is 0. The van der Waals surface area contributed by atoms with Crippen molar-refractivity contribution in [3.05, 3.63) is 58.7 Å². The van der Waals surface area contributed by atoms with Crippen LogP contribution in [0.2, 0.25) is 0 Å². The number of carbonyl (C=O) groups excluding carboxylic acids is 2. The van der Waals surface area contributed by atoms with E-state index in [0.717, 1.165) is 11.1 Å². The van der Waals surface area contributed by atoms with E-state index in [9.17, 15) is 9.59 Å². The van der Waals surface area contributed by atoms with Crippen molar-refractivity contribution in [1.29, 1.82) is 0 Å². The third-order valence-corrected chi connectivity index (χ3v) is 3.65. The minimum absolute atomic E-state index is 0.311. The van der Waals surface area contributed by atoms with Gasteiger partial charge in [0.05, 0.1) is 25.3 Å². The maximum atomic E-state index is 12.4. The summed E-state index contributed by atoms with van der Waals surface area (Å²) in [5.41, 5.74) is 2.52. The number of hydrogen-bond acceptors (Lipinski definition) is 5. The van der Waals surface area contributed by atoms with Crippen molar-refractivity contribution in [1.82, 2.24) is 0 Å². The molecule has 24 heavy (non-hydrogen) atoms. The number of rotatable bonds is 6. The number of hydrogen-bond donors (Lipinski definition) is 0. The van der Waals surface area contributed by atoms with Crippen LogP contribution in [-0.4, -0.2) is 32.6 Å². The van der Waals surface area contributed by atoms with Crippen LogP contribution in [0.4, 0.5) is 0 Å². The number of ether oxygens (including phenoxy) is 3. The number of esters is 1. The van der Waals surface area contributed by atoms with E-state index in [2.05, 4.69) is 0 Å². The van der Waals surface area contributed by atoms with Gasteiger partial charge in [-0.1, -0.05) is 17.7 Å². The second-order valence-electron chi connectivity index (χ2n) is 5.38. The molecule has 0 radical (unpaired) electrons. The molecule has 0 aliphatic heterocycles. The molecule has 0 atom stereocenters. The minimum Gasteiger partial charge on any atom is -0.497 e. The fourth-order valence-corrected chi connectivity index (χ4v) is 2.27. The highest BCUT2D eigenvalue weighted by molar-refractivity contribution is 6.01. The van der Waals surface area contributed by atoms with Gasteiger partial charge in [-0.05, 0) is 43.7 Å². The molecule has 0 N–H and O–H groups in total. The predicted octanol–water partition coefficient (Wildman–Crippen LogP) is 3.36. The molecule has 0 amide bonds. The number of carbonyl (C=O) groups is 2. The first-order valence-electron chi connectivity index (χ1n) is 7.46. The Bertz CT molecular complexity index is 764. The van der Waals surface area contributed by atoms with Crippen LogP contribution in [0.5, 0.6) is 11.5 Å². The highest BCUT2D eigenvalue weighted by atomic mass is 16.5. The van der Waals surface area contributed by atoms with Gasteiger partial charge in [0.2, 0.25) is 5.78 Å². The van der Waals surface area contributed by atoms with Gasteiger partial charge in [-0.15, -0.1) is 0 Å². The van der Waals surface area contributed by atoms with E-state index in [1.807, 2.05) is 26.0 Å². The highest BCUT2D eigenvalue weighted by Gasteiger charge is 2.17. The summed E-state index contributed by atoms with van der Waals surface area (Å²) < 4.78 is 15.5. The lowest BCUT2D eigenvalue weighted by Gasteiger charge is -2.11. The van der Waals surface area contributed by atoms with Crippen LogP contribution in [-0.2, 0) is 4.74 Å². The second kappa shape index (κ2) is 7.64. The van der Waals surface area contributed by atoms with E-state index in [4.69, 9.17) is 14.2 Å². The van der Waals surface area contributed by atoms with Crippen molar-refractivity contribution in [2.24, 2.45) is 0 Å². The average molecular weight is 328 g/mol. The van der Waals surface area contributed by atoms with E-state index in [1.165, 1.54) is 14.2 Å². The number of methoxy groups -OCH3 is 2. The fourth-order valence-electron chi connectivity index (χ4n) is 2.27. The van der Waals surface area contributed by atoms with Gasteiger partial charge in [0.25, 0.3) is 0 Å². The summed E-state index contributed by atoms with van der Waals surface area (Å²) in [5, 5.41) is 0. The third kappa shape index (κ3) is 3.93. The smallest absolute Gasteiger partial charge is 0.338 e. The van der Waals surface area contributed by atoms with Gasteiger partial charge in [0, 0.05) is 0 Å². The van der Waals surface area contributed by atoms with Crippen LogP contribution in [0.1, 0.15) is 31.8 Å². The Labute approximate surface area is 141 Å². The van der Waals surface area contributed by atoms with Crippen molar-refractivity contribution in [3.63, 3.8) is 0 Å². The molecule has 2 rings (SSSR count). The first kappa shape index (κ1) is 17.5. The van der Waals surface area contributed by atoms with Crippen molar-refractivity contribution in [2.75, 3.05) is 20.8 Å². The van der Waals surface area contributed by atoms with E-state index in [1.54, 1.807) is 24.3 Å². The molecule has 0 aliphatic carbocycles. The molecule has 0 fully saturated rings. The Balaban J connectivity index is 2.13. The van der Waals surface area contributed by atoms with Crippen molar-refractivity contribution in [3.8, 4) is 11.5 Å². The summed E-state index contributed by atoms with van der Waals surface area (Å²) in [6, 6.07) is 10.4. The number of Topliss-reactive ketones (excluding diaryl/α,β-unsaturated/α-hetero) is 1. The van der Waals surface area contributed by atoms with Gasteiger partial charge in [0.1, 0.15) is 11.5 Å². The largest absolute Gasteiger partial charge is 0.497 e. The van der Waals surface area contributed by atoms with E-state index in [0.29, 0.717) is 22.6 Å². The van der Waals surface area contributed by atoms with Crippen LogP contribution < -0.4 is 9.47 Å². The SMILES string of the molecule is COc1ccc(OC)c(C(=O)COC(=O)c2cc(C)ccc2C)c1. The van der Waals surface area contributed by atoms with Crippen molar-refractivity contribution < 1.29 is 23.8 Å². The van der Waals surface area contributed by atoms with Crippen LogP contribution >= 0.6 is 0 Å². The van der Waals surface area contributed by atoms with Gasteiger partial charge in [0.15, 0.2) is 6.61 Å². The molecular weight excluding hydrogens is 308 g/mol. The lowest BCUT2D eigenvalue weighted by atomic mass is 10.1. The Hall–Kier alpha value is -2.82. The van der Waals surface area contributed by atoms with Gasteiger partial charge >= 0.3 is 5.97 Å². The van der Waals surface area contributed by atoms with E-state index in [-0.39, 0.29) is 12.4 Å². The van der Waals surface area contributed by atoms with Crippen LogP contribution in [0.15, 0.2) is 36.4 Å². The topological polar surface area (TPSA) is 61.8 Å². The van der Waals surface area contributed by atoms with E-state index < -0.39 is 5.97 Å². The minimum atomic E-state index is -0.522. The Morgan fingerprint density at radius 2 is 1.67 bits per heavy atom. The third-order valence-electron chi connectivity index (χ3n) is 3.65. The molecule has 0 bridgehead atoms. The zero-order valence-corrected chi connectivity index (χ0v) is 14.2. The van der Waals surface area contributed by atoms with Crippen molar-refractivity contribution in [2.45, 2.75) is 13.8 Å². The van der Waals surface area contributed by atoms with Crippen molar-refractivity contribution >= 4 is 11.8 Å². The lowest BCUT2D eigenvalue weighted by molar-refractivity contribution is 0.0473. The molecule has 5 heteroatoms. The Morgan fingerprint density at radius 1 is 0.917 bits per heavy atom. The van der Waals surface area contributed by atoms with Gasteiger partial charge in [-0.25, -0.2) is 4.79 Å². The van der Waals surface area contributed by atoms with E-state index >= 15 is 0 Å². The molecule has 0 aliphatic rings. The molecule has 5 nitrogen and oxygen atoms in total. The van der Waals surface area contributed by atoms with Gasteiger partial charge in [-0.3, -0.25) is 4.79 Å². The second-order valence-corrected chi connectivity index (χ2v) is 5.38. The summed E-state index contributed by atoms with van der Waals surface area (Å²) in [4.78, 5) is 24.6. The lowest BCUT2D eigenvalue weighted by Crippen LogP contribution is -2.16. The summed E-state index contributed by atoms with van der Waals surface area (Å²) in [7, 11) is 2.98.